The highest BCUT2D eigenvalue weighted by Gasteiger charge is 2.36. The molecule has 7 nitrogen and oxygen atoms in total. The summed E-state index contributed by atoms with van der Waals surface area (Å²) in [6.45, 7) is 0.855. The lowest BCUT2D eigenvalue weighted by atomic mass is 9.95. The SMILES string of the molecule is CN(CC1(O)CCOCC1)S(=O)(=O)c1c(Cl)cnn1C. The zero-order chi connectivity index (χ0) is 15.0. The summed E-state index contributed by atoms with van der Waals surface area (Å²) in [7, 11) is -0.861. The van der Waals surface area contributed by atoms with E-state index in [1.165, 1.54) is 25.0 Å². The minimum Gasteiger partial charge on any atom is -0.388 e. The highest BCUT2D eigenvalue weighted by molar-refractivity contribution is 7.89. The van der Waals surface area contributed by atoms with E-state index in [1.807, 2.05) is 0 Å². The highest BCUT2D eigenvalue weighted by atomic mass is 35.5. The van der Waals surface area contributed by atoms with Gasteiger partial charge in [0.2, 0.25) is 0 Å². The molecule has 0 radical (unpaired) electrons. The van der Waals surface area contributed by atoms with Crippen LogP contribution in [0.15, 0.2) is 11.2 Å². The predicted octanol–water partition coefficient (Wildman–Crippen LogP) is 0.235. The number of aliphatic hydroxyl groups is 1. The topological polar surface area (TPSA) is 84.7 Å². The standard InChI is InChI=1S/C11H18ClN3O4S/c1-14(8-11(16)3-5-19-6-4-11)20(17,18)10-9(12)7-13-15(10)2/h7,16H,3-6,8H2,1-2H3. The molecular weight excluding hydrogens is 306 g/mol. The van der Waals surface area contributed by atoms with Crippen molar-refractivity contribution in [1.29, 1.82) is 0 Å². The molecule has 114 valence electrons. The molecule has 1 fully saturated rings. The van der Waals surface area contributed by atoms with Gasteiger partial charge in [0.05, 0.1) is 16.8 Å². The quantitative estimate of drug-likeness (QED) is 0.857. The molecule has 20 heavy (non-hydrogen) atoms. The molecule has 0 amide bonds. The second-order valence-corrected chi connectivity index (χ2v) is 7.39. The van der Waals surface area contributed by atoms with Crippen molar-refractivity contribution < 1.29 is 18.3 Å². The number of likely N-dealkylation sites (N-methyl/N-ethyl adjacent to an activating group) is 1. The lowest BCUT2D eigenvalue weighted by Gasteiger charge is -2.34. The Morgan fingerprint density at radius 2 is 2.15 bits per heavy atom. The summed E-state index contributed by atoms with van der Waals surface area (Å²) in [5, 5.41) is 14.2. The lowest BCUT2D eigenvalue weighted by molar-refractivity contribution is -0.0689. The molecule has 0 saturated carbocycles. The minimum absolute atomic E-state index is 0.000201. The number of halogens is 1. The van der Waals surface area contributed by atoms with Gasteiger partial charge in [-0.1, -0.05) is 11.6 Å². The average Bonchev–Trinajstić information content (AvgIpc) is 2.69. The molecule has 0 aliphatic carbocycles. The predicted molar refractivity (Wildman–Crippen MR) is 73.0 cm³/mol. The molecule has 2 heterocycles. The van der Waals surface area contributed by atoms with Crippen LogP contribution in [-0.4, -0.2) is 60.0 Å². The molecule has 1 aromatic heterocycles. The Kier molecular flexibility index (Phi) is 4.41. The first-order valence-corrected chi connectivity index (χ1v) is 8.02. The van der Waals surface area contributed by atoms with Gasteiger partial charge in [0.25, 0.3) is 10.0 Å². The summed E-state index contributed by atoms with van der Waals surface area (Å²) >= 11 is 5.88. The van der Waals surface area contributed by atoms with Crippen LogP contribution in [0.1, 0.15) is 12.8 Å². The number of hydrogen-bond acceptors (Lipinski definition) is 5. The third-order valence-corrected chi connectivity index (χ3v) is 5.75. The van der Waals surface area contributed by atoms with Crippen LogP contribution >= 0.6 is 11.6 Å². The van der Waals surface area contributed by atoms with Crippen LogP contribution in [-0.2, 0) is 21.8 Å². The fraction of sp³-hybridized carbons (Fsp3) is 0.727. The third kappa shape index (κ3) is 2.99. The van der Waals surface area contributed by atoms with Crippen LogP contribution in [0.4, 0.5) is 0 Å². The number of sulfonamides is 1. The van der Waals surface area contributed by atoms with Gasteiger partial charge in [-0.2, -0.15) is 9.40 Å². The molecule has 1 aliphatic rings. The van der Waals surface area contributed by atoms with Crippen molar-refractivity contribution in [2.24, 2.45) is 7.05 Å². The van der Waals surface area contributed by atoms with Crippen molar-refractivity contribution in [3.05, 3.63) is 11.2 Å². The highest BCUT2D eigenvalue weighted by Crippen LogP contribution is 2.27. The molecule has 1 aliphatic heterocycles. The van der Waals surface area contributed by atoms with Crippen molar-refractivity contribution >= 4 is 21.6 Å². The van der Waals surface area contributed by atoms with Crippen molar-refractivity contribution in [3.63, 3.8) is 0 Å². The number of aryl methyl sites for hydroxylation is 1. The normalized spacial score (nSPS) is 19.4. The van der Waals surface area contributed by atoms with E-state index in [2.05, 4.69) is 5.10 Å². The van der Waals surface area contributed by atoms with Crippen molar-refractivity contribution in [2.45, 2.75) is 23.5 Å². The molecule has 1 N–H and O–H groups in total. The van der Waals surface area contributed by atoms with E-state index < -0.39 is 15.6 Å². The Balaban J connectivity index is 2.22. The maximum atomic E-state index is 12.5. The summed E-state index contributed by atoms with van der Waals surface area (Å²) in [4.78, 5) is 0. The molecule has 0 spiro atoms. The number of rotatable bonds is 4. The Morgan fingerprint density at radius 1 is 1.55 bits per heavy atom. The monoisotopic (exact) mass is 323 g/mol. The van der Waals surface area contributed by atoms with Gasteiger partial charge in [0, 0.05) is 46.7 Å². The molecule has 9 heteroatoms. The van der Waals surface area contributed by atoms with E-state index in [0.717, 1.165) is 4.31 Å². The maximum absolute atomic E-state index is 12.5. The van der Waals surface area contributed by atoms with Gasteiger partial charge in [-0.05, 0) is 0 Å². The lowest BCUT2D eigenvalue weighted by Crippen LogP contribution is -2.47. The smallest absolute Gasteiger partial charge is 0.261 e. The van der Waals surface area contributed by atoms with Crippen LogP contribution in [0.5, 0.6) is 0 Å². The molecule has 2 rings (SSSR count). The van der Waals surface area contributed by atoms with Crippen LogP contribution in [0.3, 0.4) is 0 Å². The Bertz CT molecular complexity index is 561. The first-order chi connectivity index (χ1) is 9.26. The van der Waals surface area contributed by atoms with Crippen LogP contribution in [0, 0.1) is 0 Å². The van der Waals surface area contributed by atoms with Gasteiger partial charge >= 0.3 is 0 Å². The summed E-state index contributed by atoms with van der Waals surface area (Å²) < 4.78 is 32.5. The second kappa shape index (κ2) is 5.61. The number of aromatic nitrogens is 2. The van der Waals surface area contributed by atoms with E-state index in [4.69, 9.17) is 16.3 Å². The molecular formula is C11H18ClN3O4S. The van der Waals surface area contributed by atoms with E-state index in [1.54, 1.807) is 0 Å². The molecule has 1 aromatic rings. The third-order valence-electron chi connectivity index (χ3n) is 3.44. The fourth-order valence-electron chi connectivity index (χ4n) is 2.25. The van der Waals surface area contributed by atoms with Gasteiger partial charge in [0.1, 0.15) is 0 Å². The minimum atomic E-state index is -3.79. The zero-order valence-corrected chi connectivity index (χ0v) is 13.0. The molecule has 0 aromatic carbocycles. The zero-order valence-electron chi connectivity index (χ0n) is 11.4. The largest absolute Gasteiger partial charge is 0.388 e. The second-order valence-electron chi connectivity index (χ2n) is 5.02. The van der Waals surface area contributed by atoms with Crippen molar-refractivity contribution in [2.75, 3.05) is 26.8 Å². The van der Waals surface area contributed by atoms with Gasteiger partial charge in [-0.15, -0.1) is 0 Å². The molecule has 1 saturated heterocycles. The van der Waals surface area contributed by atoms with Gasteiger partial charge in [0.15, 0.2) is 5.03 Å². The van der Waals surface area contributed by atoms with E-state index in [0.29, 0.717) is 26.1 Å². The average molecular weight is 324 g/mol. The Labute approximate surface area is 123 Å². The number of hydrogen-bond donors (Lipinski definition) is 1. The van der Waals surface area contributed by atoms with Gasteiger partial charge in [-0.25, -0.2) is 8.42 Å². The fourth-order valence-corrected chi connectivity index (χ4v) is 4.09. The summed E-state index contributed by atoms with van der Waals surface area (Å²) in [5.41, 5.74) is -1.06. The van der Waals surface area contributed by atoms with Crippen LogP contribution in [0.25, 0.3) is 0 Å². The molecule has 0 unspecified atom stereocenters. The Hall–Kier alpha value is -0.670. The van der Waals surface area contributed by atoms with Crippen LogP contribution in [0.2, 0.25) is 5.02 Å². The maximum Gasteiger partial charge on any atom is 0.261 e. The summed E-state index contributed by atoms with van der Waals surface area (Å²) in [6.07, 6.45) is 2.10. The van der Waals surface area contributed by atoms with Gasteiger partial charge < -0.3 is 9.84 Å². The first kappa shape index (κ1) is 15.7. The van der Waals surface area contributed by atoms with Crippen LogP contribution < -0.4 is 0 Å². The number of ether oxygens (including phenoxy) is 1. The van der Waals surface area contributed by atoms with Crippen molar-refractivity contribution in [3.8, 4) is 0 Å². The summed E-state index contributed by atoms with van der Waals surface area (Å²) in [6, 6.07) is 0. The van der Waals surface area contributed by atoms with E-state index >= 15 is 0 Å². The van der Waals surface area contributed by atoms with Crippen molar-refractivity contribution in [1.82, 2.24) is 14.1 Å². The van der Waals surface area contributed by atoms with Gasteiger partial charge in [-0.3, -0.25) is 4.68 Å². The molecule has 0 bridgehead atoms. The summed E-state index contributed by atoms with van der Waals surface area (Å²) in [5.74, 6) is 0. The first-order valence-electron chi connectivity index (χ1n) is 6.20. The number of nitrogens with zero attached hydrogens (tertiary/aromatic N) is 3. The van der Waals surface area contributed by atoms with E-state index in [9.17, 15) is 13.5 Å². The van der Waals surface area contributed by atoms with E-state index in [-0.39, 0.29) is 16.6 Å². The Morgan fingerprint density at radius 3 is 2.65 bits per heavy atom. The molecule has 0 atom stereocenters.